The Morgan fingerprint density at radius 3 is 2.78 bits per heavy atom. The number of hydrogen-bond acceptors (Lipinski definition) is 3. The summed E-state index contributed by atoms with van der Waals surface area (Å²) in [4.78, 5) is 11.7. The van der Waals surface area contributed by atoms with Crippen LogP contribution in [-0.2, 0) is 4.79 Å². The minimum absolute atomic E-state index is 0.00232. The molecule has 0 aromatic heterocycles. The molecule has 0 bridgehead atoms. The largest absolute Gasteiger partial charge is 0.495 e. The van der Waals surface area contributed by atoms with Gasteiger partial charge in [0.05, 0.1) is 12.8 Å². The zero-order chi connectivity index (χ0) is 13.4. The van der Waals surface area contributed by atoms with Crippen LogP contribution in [0.25, 0.3) is 0 Å². The second-order valence-electron chi connectivity index (χ2n) is 4.25. The van der Waals surface area contributed by atoms with Crippen LogP contribution in [0.1, 0.15) is 25.3 Å². The predicted octanol–water partition coefficient (Wildman–Crippen LogP) is 2.33. The lowest BCUT2D eigenvalue weighted by Crippen LogP contribution is -2.22. The van der Waals surface area contributed by atoms with E-state index in [0.717, 1.165) is 24.2 Å². The molecule has 0 heterocycles. The highest BCUT2D eigenvalue weighted by Crippen LogP contribution is 2.25. The summed E-state index contributed by atoms with van der Waals surface area (Å²) < 4.78 is 5.21. The second kappa shape index (κ2) is 7.71. The van der Waals surface area contributed by atoms with Crippen LogP contribution < -0.4 is 15.4 Å². The Morgan fingerprint density at radius 2 is 2.11 bits per heavy atom. The molecule has 4 heteroatoms. The summed E-state index contributed by atoms with van der Waals surface area (Å²) in [5.41, 5.74) is 1.83. The summed E-state index contributed by atoms with van der Waals surface area (Å²) >= 11 is 0. The van der Waals surface area contributed by atoms with Gasteiger partial charge in [-0.3, -0.25) is 4.79 Å². The first-order valence-electron chi connectivity index (χ1n) is 6.32. The van der Waals surface area contributed by atoms with Gasteiger partial charge in [-0.2, -0.15) is 0 Å². The topological polar surface area (TPSA) is 50.4 Å². The number of nitrogens with one attached hydrogen (secondary N) is 2. The zero-order valence-corrected chi connectivity index (χ0v) is 11.4. The number of ether oxygens (including phenoxy) is 1. The number of carbonyl (C=O) groups is 1. The minimum atomic E-state index is 0.00232. The third-order valence-corrected chi connectivity index (χ3v) is 2.58. The van der Waals surface area contributed by atoms with E-state index in [2.05, 4.69) is 17.6 Å². The van der Waals surface area contributed by atoms with Crippen molar-refractivity contribution in [1.82, 2.24) is 5.32 Å². The van der Waals surface area contributed by atoms with Gasteiger partial charge >= 0.3 is 0 Å². The molecule has 0 aliphatic rings. The van der Waals surface area contributed by atoms with Crippen molar-refractivity contribution in [3.63, 3.8) is 0 Å². The summed E-state index contributed by atoms with van der Waals surface area (Å²) in [5, 5.41) is 6.07. The molecule has 0 fully saturated rings. The van der Waals surface area contributed by atoms with Gasteiger partial charge in [0.25, 0.3) is 0 Å². The Bertz CT molecular complexity index is 391. The van der Waals surface area contributed by atoms with E-state index >= 15 is 0 Å². The first-order chi connectivity index (χ1) is 8.67. The molecule has 4 nitrogen and oxygen atoms in total. The maximum atomic E-state index is 11.7. The Labute approximate surface area is 109 Å². The summed E-state index contributed by atoms with van der Waals surface area (Å²) in [6, 6.07) is 5.73. The van der Waals surface area contributed by atoms with E-state index in [-0.39, 0.29) is 5.91 Å². The smallest absolute Gasteiger partial charge is 0.225 e. The SMILES string of the molecule is CCCNCCC(=O)Nc1cc(C)ccc1OC. The average molecular weight is 250 g/mol. The normalized spacial score (nSPS) is 10.2. The predicted molar refractivity (Wildman–Crippen MR) is 74.1 cm³/mol. The highest BCUT2D eigenvalue weighted by atomic mass is 16.5. The van der Waals surface area contributed by atoms with E-state index in [0.29, 0.717) is 18.7 Å². The number of aryl methyl sites for hydroxylation is 1. The molecule has 18 heavy (non-hydrogen) atoms. The van der Waals surface area contributed by atoms with Crippen molar-refractivity contribution in [3.05, 3.63) is 23.8 Å². The molecular weight excluding hydrogens is 228 g/mol. The van der Waals surface area contributed by atoms with Crippen LogP contribution in [0.4, 0.5) is 5.69 Å². The van der Waals surface area contributed by atoms with Gasteiger partial charge in [-0.15, -0.1) is 0 Å². The molecule has 0 radical (unpaired) electrons. The molecule has 0 saturated carbocycles. The zero-order valence-electron chi connectivity index (χ0n) is 11.4. The lowest BCUT2D eigenvalue weighted by atomic mass is 10.2. The van der Waals surface area contributed by atoms with Crippen LogP contribution in [0.15, 0.2) is 18.2 Å². The second-order valence-corrected chi connectivity index (χ2v) is 4.25. The molecule has 0 atom stereocenters. The van der Waals surface area contributed by atoms with Crippen LogP contribution >= 0.6 is 0 Å². The summed E-state index contributed by atoms with van der Waals surface area (Å²) in [7, 11) is 1.60. The monoisotopic (exact) mass is 250 g/mol. The number of methoxy groups -OCH3 is 1. The standard InChI is InChI=1S/C14H22N2O2/c1-4-8-15-9-7-14(17)16-12-10-11(2)5-6-13(12)18-3/h5-6,10,15H,4,7-9H2,1-3H3,(H,16,17). The molecule has 0 saturated heterocycles. The van der Waals surface area contributed by atoms with Gasteiger partial charge in [-0.1, -0.05) is 13.0 Å². The lowest BCUT2D eigenvalue weighted by molar-refractivity contribution is -0.116. The molecule has 0 spiro atoms. The number of anilines is 1. The maximum Gasteiger partial charge on any atom is 0.225 e. The van der Waals surface area contributed by atoms with Gasteiger partial charge in [0.2, 0.25) is 5.91 Å². The minimum Gasteiger partial charge on any atom is -0.495 e. The van der Waals surface area contributed by atoms with Gasteiger partial charge in [0.1, 0.15) is 5.75 Å². The molecule has 1 rings (SSSR count). The van der Waals surface area contributed by atoms with Crippen LogP contribution in [0, 0.1) is 6.92 Å². The summed E-state index contributed by atoms with van der Waals surface area (Å²) in [6.45, 7) is 5.73. The van der Waals surface area contributed by atoms with Gasteiger partial charge < -0.3 is 15.4 Å². The molecule has 1 amide bonds. The van der Waals surface area contributed by atoms with Gasteiger partial charge in [-0.05, 0) is 37.6 Å². The van der Waals surface area contributed by atoms with Crippen molar-refractivity contribution in [1.29, 1.82) is 0 Å². The van der Waals surface area contributed by atoms with Gasteiger partial charge in [0.15, 0.2) is 0 Å². The summed E-state index contributed by atoms with van der Waals surface area (Å²) in [6.07, 6.45) is 1.55. The van der Waals surface area contributed by atoms with Crippen molar-refractivity contribution in [2.45, 2.75) is 26.7 Å². The van der Waals surface area contributed by atoms with Crippen LogP contribution in [0.2, 0.25) is 0 Å². The maximum absolute atomic E-state index is 11.7. The number of hydrogen-bond donors (Lipinski definition) is 2. The number of benzene rings is 1. The van der Waals surface area contributed by atoms with Crippen LogP contribution in [0.5, 0.6) is 5.75 Å². The number of amides is 1. The van der Waals surface area contributed by atoms with E-state index in [9.17, 15) is 4.79 Å². The van der Waals surface area contributed by atoms with E-state index in [1.807, 2.05) is 25.1 Å². The van der Waals surface area contributed by atoms with Crippen LogP contribution in [0.3, 0.4) is 0 Å². The van der Waals surface area contributed by atoms with E-state index < -0.39 is 0 Å². The van der Waals surface area contributed by atoms with E-state index in [1.165, 1.54) is 0 Å². The fourth-order valence-corrected chi connectivity index (χ4v) is 1.64. The van der Waals surface area contributed by atoms with Crippen molar-refractivity contribution < 1.29 is 9.53 Å². The van der Waals surface area contributed by atoms with Crippen molar-refractivity contribution >= 4 is 11.6 Å². The van der Waals surface area contributed by atoms with Gasteiger partial charge in [0, 0.05) is 13.0 Å². The quantitative estimate of drug-likeness (QED) is 0.730. The average Bonchev–Trinajstić information content (AvgIpc) is 2.35. The molecule has 2 N–H and O–H groups in total. The van der Waals surface area contributed by atoms with Crippen molar-refractivity contribution in [2.24, 2.45) is 0 Å². The molecule has 1 aromatic rings. The lowest BCUT2D eigenvalue weighted by Gasteiger charge is -2.11. The Balaban J connectivity index is 2.50. The van der Waals surface area contributed by atoms with E-state index in [4.69, 9.17) is 4.74 Å². The molecular formula is C14H22N2O2. The fraction of sp³-hybridized carbons (Fsp3) is 0.500. The first-order valence-corrected chi connectivity index (χ1v) is 6.32. The summed E-state index contributed by atoms with van der Waals surface area (Å²) in [5.74, 6) is 0.693. The third-order valence-electron chi connectivity index (χ3n) is 2.58. The molecule has 0 aliphatic carbocycles. The fourth-order valence-electron chi connectivity index (χ4n) is 1.64. The highest BCUT2D eigenvalue weighted by molar-refractivity contribution is 5.92. The highest BCUT2D eigenvalue weighted by Gasteiger charge is 2.07. The van der Waals surface area contributed by atoms with Crippen LogP contribution in [-0.4, -0.2) is 26.1 Å². The number of rotatable bonds is 7. The molecule has 0 unspecified atom stereocenters. The van der Waals surface area contributed by atoms with Gasteiger partial charge in [-0.25, -0.2) is 0 Å². The Hall–Kier alpha value is -1.55. The Kier molecular flexibility index (Phi) is 6.22. The Morgan fingerprint density at radius 1 is 1.33 bits per heavy atom. The van der Waals surface area contributed by atoms with Crippen molar-refractivity contribution in [2.75, 3.05) is 25.5 Å². The first kappa shape index (κ1) is 14.5. The van der Waals surface area contributed by atoms with Crippen molar-refractivity contribution in [3.8, 4) is 5.75 Å². The number of carbonyl (C=O) groups excluding carboxylic acids is 1. The third kappa shape index (κ3) is 4.75. The van der Waals surface area contributed by atoms with E-state index in [1.54, 1.807) is 7.11 Å². The molecule has 0 aliphatic heterocycles. The molecule has 100 valence electrons. The molecule has 1 aromatic carbocycles.